The molecule has 2 aliphatic rings. The molecule has 0 bridgehead atoms. The van der Waals surface area contributed by atoms with Crippen molar-refractivity contribution in [2.45, 2.75) is 62.7 Å². The van der Waals surface area contributed by atoms with E-state index in [1.54, 1.807) is 7.11 Å². The van der Waals surface area contributed by atoms with Gasteiger partial charge in [-0.05, 0) is 78.8 Å². The van der Waals surface area contributed by atoms with Gasteiger partial charge < -0.3 is 25.0 Å². The van der Waals surface area contributed by atoms with E-state index in [2.05, 4.69) is 24.3 Å². The first-order valence-corrected chi connectivity index (χ1v) is 12.6. The number of rotatable bonds is 8. The maximum atomic E-state index is 11.0. The van der Waals surface area contributed by atoms with E-state index in [4.69, 9.17) is 29.5 Å². The summed E-state index contributed by atoms with van der Waals surface area (Å²) in [5.41, 5.74) is 10.7. The highest BCUT2D eigenvalue weighted by Crippen LogP contribution is 2.44. The fraction of sp³-hybridized carbons (Fsp3) is 0.500. The molecule has 7 nitrogen and oxygen atoms in total. The minimum Gasteiger partial charge on any atom is -0.497 e. The summed E-state index contributed by atoms with van der Waals surface area (Å²) in [6.07, 6.45) is 5.32. The second-order valence-electron chi connectivity index (χ2n) is 9.12. The molecule has 0 heterocycles. The summed E-state index contributed by atoms with van der Waals surface area (Å²) in [4.78, 5) is 17.9. The van der Waals surface area contributed by atoms with E-state index < -0.39 is 13.4 Å². The highest BCUT2D eigenvalue weighted by molar-refractivity contribution is 7.46. The summed E-state index contributed by atoms with van der Waals surface area (Å²) < 4.78 is 27.2. The number of methoxy groups -OCH3 is 1. The van der Waals surface area contributed by atoms with Crippen LogP contribution in [-0.2, 0) is 33.3 Å². The zero-order valence-corrected chi connectivity index (χ0v) is 19.3. The van der Waals surface area contributed by atoms with E-state index in [0.29, 0.717) is 19.4 Å². The number of ether oxygens (including phenoxy) is 2. The molecule has 0 spiro atoms. The number of nitrogens with two attached hydrogens (primary N) is 1. The highest BCUT2D eigenvalue weighted by atomic mass is 31.2. The van der Waals surface area contributed by atoms with Crippen LogP contribution < -0.4 is 10.5 Å². The van der Waals surface area contributed by atoms with Gasteiger partial charge >= 0.3 is 7.82 Å². The lowest BCUT2D eigenvalue weighted by atomic mass is 9.85. The molecule has 0 aromatic heterocycles. The third-order valence-electron chi connectivity index (χ3n) is 6.67. The standard InChI is InChI=1S/C24H32NO6P/c1-29-22-4-2-3-17(11-22)15-30-23-8-7-18-12-19(5-6-20(18)13-23)21-9-10-24(25,14-21)16-31-32(26,27)28/h2-6,11-12,21,23H,7-10,13-16,25H2,1H3,(H2,26,27,28)/t21-,23-,24+/m0/s1. The van der Waals surface area contributed by atoms with Crippen LogP contribution in [0.3, 0.4) is 0 Å². The second-order valence-corrected chi connectivity index (χ2v) is 10.4. The van der Waals surface area contributed by atoms with Gasteiger partial charge in [-0.2, -0.15) is 0 Å². The maximum Gasteiger partial charge on any atom is 0.469 e. The van der Waals surface area contributed by atoms with E-state index in [0.717, 1.165) is 37.0 Å². The van der Waals surface area contributed by atoms with Gasteiger partial charge in [0.25, 0.3) is 0 Å². The predicted octanol–water partition coefficient (Wildman–Crippen LogP) is 3.84. The first kappa shape index (κ1) is 23.4. The van der Waals surface area contributed by atoms with Gasteiger partial charge in [0.2, 0.25) is 0 Å². The highest BCUT2D eigenvalue weighted by Gasteiger charge is 2.38. The molecule has 0 unspecified atom stereocenters. The van der Waals surface area contributed by atoms with Crippen LogP contribution in [0.2, 0.25) is 0 Å². The number of fused-ring (bicyclic) bond motifs is 1. The van der Waals surface area contributed by atoms with Gasteiger partial charge in [0.15, 0.2) is 0 Å². The van der Waals surface area contributed by atoms with Crippen LogP contribution in [-0.4, -0.2) is 35.1 Å². The van der Waals surface area contributed by atoms with Crippen molar-refractivity contribution in [3.63, 3.8) is 0 Å². The molecule has 8 heteroatoms. The van der Waals surface area contributed by atoms with Crippen molar-refractivity contribution in [3.05, 3.63) is 64.7 Å². The Morgan fingerprint density at radius 3 is 2.78 bits per heavy atom. The second kappa shape index (κ2) is 9.64. The summed E-state index contributed by atoms with van der Waals surface area (Å²) in [7, 11) is -2.83. The first-order valence-electron chi connectivity index (χ1n) is 11.1. The minimum absolute atomic E-state index is 0.120. The fourth-order valence-corrected chi connectivity index (χ4v) is 5.32. The fourth-order valence-electron chi connectivity index (χ4n) is 4.90. The summed E-state index contributed by atoms with van der Waals surface area (Å²) in [6, 6.07) is 14.6. The Morgan fingerprint density at radius 1 is 1.16 bits per heavy atom. The Morgan fingerprint density at radius 2 is 2.00 bits per heavy atom. The van der Waals surface area contributed by atoms with Crippen LogP contribution in [0, 0.1) is 0 Å². The molecular weight excluding hydrogens is 429 g/mol. The Bertz CT molecular complexity index is 992. The number of aryl methyl sites for hydroxylation is 1. The Hall–Kier alpha value is -1.73. The zero-order valence-electron chi connectivity index (χ0n) is 18.4. The molecule has 4 rings (SSSR count). The van der Waals surface area contributed by atoms with Crippen LogP contribution in [0.25, 0.3) is 0 Å². The smallest absolute Gasteiger partial charge is 0.469 e. The van der Waals surface area contributed by atoms with Crippen molar-refractivity contribution < 1.29 is 28.3 Å². The van der Waals surface area contributed by atoms with Gasteiger partial charge in [-0.15, -0.1) is 0 Å². The van der Waals surface area contributed by atoms with Crippen molar-refractivity contribution >= 4 is 7.82 Å². The van der Waals surface area contributed by atoms with Crippen LogP contribution in [0.15, 0.2) is 42.5 Å². The summed E-state index contributed by atoms with van der Waals surface area (Å²) >= 11 is 0. The molecule has 174 valence electrons. The van der Waals surface area contributed by atoms with Gasteiger partial charge in [0.05, 0.1) is 26.4 Å². The Balaban J connectivity index is 1.34. The molecule has 0 aliphatic heterocycles. The predicted molar refractivity (Wildman–Crippen MR) is 122 cm³/mol. The number of phosphoric ester groups is 1. The van der Waals surface area contributed by atoms with Crippen molar-refractivity contribution in [2.75, 3.05) is 13.7 Å². The maximum absolute atomic E-state index is 11.0. The molecule has 32 heavy (non-hydrogen) atoms. The third kappa shape index (κ3) is 5.98. The zero-order chi connectivity index (χ0) is 22.8. The van der Waals surface area contributed by atoms with Crippen molar-refractivity contribution in [3.8, 4) is 5.75 Å². The summed E-state index contributed by atoms with van der Waals surface area (Å²) in [6.45, 7) is 0.456. The lowest BCUT2D eigenvalue weighted by Crippen LogP contribution is -2.41. The molecule has 1 saturated carbocycles. The first-order chi connectivity index (χ1) is 15.2. The van der Waals surface area contributed by atoms with Crippen molar-refractivity contribution in [1.29, 1.82) is 0 Å². The quantitative estimate of drug-likeness (QED) is 0.512. The SMILES string of the molecule is COc1cccc(CO[C@H]2CCc3cc([C@H]4CC[C@](N)(COP(=O)(O)O)C4)ccc3C2)c1. The van der Waals surface area contributed by atoms with Crippen molar-refractivity contribution in [1.82, 2.24) is 0 Å². The number of hydrogen-bond acceptors (Lipinski definition) is 5. The van der Waals surface area contributed by atoms with E-state index in [1.807, 2.05) is 18.2 Å². The molecular formula is C24H32NO6P. The Kier molecular flexibility index (Phi) is 7.06. The van der Waals surface area contributed by atoms with E-state index in [-0.39, 0.29) is 18.6 Å². The largest absolute Gasteiger partial charge is 0.497 e. The monoisotopic (exact) mass is 461 g/mol. The molecule has 0 amide bonds. The normalized spacial score (nSPS) is 25.5. The molecule has 4 N–H and O–H groups in total. The molecule has 3 atom stereocenters. The molecule has 0 saturated heterocycles. The topological polar surface area (TPSA) is 111 Å². The van der Waals surface area contributed by atoms with Gasteiger partial charge in [0, 0.05) is 5.54 Å². The van der Waals surface area contributed by atoms with Crippen LogP contribution in [0.4, 0.5) is 0 Å². The van der Waals surface area contributed by atoms with E-state index in [1.165, 1.54) is 16.7 Å². The van der Waals surface area contributed by atoms with Crippen LogP contribution in [0.1, 0.15) is 53.9 Å². The van der Waals surface area contributed by atoms with Gasteiger partial charge in [0.1, 0.15) is 5.75 Å². The lowest BCUT2D eigenvalue weighted by molar-refractivity contribution is 0.0318. The minimum atomic E-state index is -4.50. The van der Waals surface area contributed by atoms with E-state index in [9.17, 15) is 4.57 Å². The Labute approximate surface area is 189 Å². The van der Waals surface area contributed by atoms with Crippen LogP contribution in [0.5, 0.6) is 5.75 Å². The lowest BCUT2D eigenvalue weighted by Gasteiger charge is -2.27. The van der Waals surface area contributed by atoms with Gasteiger partial charge in [-0.1, -0.05) is 30.3 Å². The average Bonchev–Trinajstić information content (AvgIpc) is 3.18. The van der Waals surface area contributed by atoms with E-state index >= 15 is 0 Å². The van der Waals surface area contributed by atoms with Gasteiger partial charge in [-0.3, -0.25) is 4.52 Å². The number of benzene rings is 2. The van der Waals surface area contributed by atoms with Crippen molar-refractivity contribution in [2.24, 2.45) is 5.73 Å². The molecule has 2 aliphatic carbocycles. The average molecular weight is 461 g/mol. The number of phosphoric acid groups is 1. The molecule has 0 radical (unpaired) electrons. The van der Waals surface area contributed by atoms with Crippen LogP contribution >= 0.6 is 7.82 Å². The summed E-state index contributed by atoms with van der Waals surface area (Å²) in [5, 5.41) is 0. The van der Waals surface area contributed by atoms with Gasteiger partial charge in [-0.25, -0.2) is 4.57 Å². The molecule has 2 aromatic carbocycles. The summed E-state index contributed by atoms with van der Waals surface area (Å²) in [5.74, 6) is 1.13. The third-order valence-corrected chi connectivity index (χ3v) is 7.13. The molecule has 2 aromatic rings. The molecule has 1 fully saturated rings. The number of hydrogen-bond donors (Lipinski definition) is 3.